The predicted molar refractivity (Wildman–Crippen MR) is 242 cm³/mol. The third kappa shape index (κ3) is 16.7. The minimum atomic E-state index is 0. The van der Waals surface area contributed by atoms with E-state index in [0.717, 1.165) is 3.81 Å². The van der Waals surface area contributed by atoms with Gasteiger partial charge >= 0.3 is 24.8 Å². The van der Waals surface area contributed by atoms with E-state index in [1.807, 2.05) is 36.4 Å². The second kappa shape index (κ2) is 26.4. The second-order valence-corrected chi connectivity index (χ2v) is 14.1. The van der Waals surface area contributed by atoms with Gasteiger partial charge in [-0.1, -0.05) is 213 Å². The van der Waals surface area contributed by atoms with Crippen LogP contribution in [0.4, 0.5) is 4.70 Å². The van der Waals surface area contributed by atoms with Gasteiger partial charge in [0.05, 0.1) is 3.81 Å². The topological polar surface area (TPSA) is 12.4 Å². The van der Waals surface area contributed by atoms with Crippen molar-refractivity contribution < 1.29 is 4.70 Å². The van der Waals surface area contributed by atoms with Gasteiger partial charge in [0.1, 0.15) is 0 Å². The van der Waals surface area contributed by atoms with Gasteiger partial charge in [-0.2, -0.15) is 0 Å². The van der Waals surface area contributed by atoms with Crippen LogP contribution in [0.2, 0.25) is 0 Å². The number of hydrogen-bond acceptors (Lipinski definition) is 4. The van der Waals surface area contributed by atoms with Gasteiger partial charge in [-0.05, 0) is 79.0 Å². The summed E-state index contributed by atoms with van der Waals surface area (Å²) in [6.45, 7) is 0. The van der Waals surface area contributed by atoms with Gasteiger partial charge in [-0.3, -0.25) is 4.70 Å². The first kappa shape index (κ1) is 43.8. The number of hydrogen-bond donors (Lipinski definition) is 1. The van der Waals surface area contributed by atoms with Crippen molar-refractivity contribution in [2.24, 2.45) is 4.30 Å². The summed E-state index contributed by atoms with van der Waals surface area (Å²) < 4.78 is 3.78. The molecule has 0 amide bonds. The summed E-state index contributed by atoms with van der Waals surface area (Å²) in [5.74, 6) is 0. The molecule has 0 aliphatic rings. The van der Waals surface area contributed by atoms with Crippen LogP contribution in [-0.2, 0) is 0 Å². The molecule has 0 aliphatic carbocycles. The molecule has 0 bridgehead atoms. The molecule has 0 aromatic heterocycles. The second-order valence-electron chi connectivity index (χ2n) is 10.5. The zero-order valence-corrected chi connectivity index (χ0v) is 31.9. The Bertz CT molecular complexity index is 1960. The molecular weight excluding hydrogens is 760 g/mol. The number of halogens is 2. The summed E-state index contributed by atoms with van der Waals surface area (Å²) in [6.07, 6.45) is 8.74. The Morgan fingerprint density at radius 1 is 0.500 bits per heavy atom. The number of thiol groups is 1. The van der Waals surface area contributed by atoms with E-state index >= 15 is 0 Å². The van der Waals surface area contributed by atoms with Crippen LogP contribution in [0, 0.1) is 0 Å². The first-order valence-electron chi connectivity index (χ1n) is 15.8. The molecule has 0 atom stereocenters. The summed E-state index contributed by atoms with van der Waals surface area (Å²) in [7, 11) is 4.34. The van der Waals surface area contributed by atoms with E-state index < -0.39 is 0 Å². The third-order valence-electron chi connectivity index (χ3n) is 6.85. The number of benzene rings is 6. The van der Waals surface area contributed by atoms with Gasteiger partial charge in [0.2, 0.25) is 0 Å². The van der Waals surface area contributed by atoms with E-state index in [9.17, 15) is 0 Å². The fourth-order valence-electron chi connectivity index (χ4n) is 4.53. The molecule has 0 heterocycles. The van der Waals surface area contributed by atoms with Crippen molar-refractivity contribution in [3.63, 3.8) is 0 Å². The molecule has 261 valence electrons. The summed E-state index contributed by atoms with van der Waals surface area (Å²) in [6, 6.07) is 62.6. The molecule has 52 heavy (non-hydrogen) atoms. The first-order chi connectivity index (χ1) is 24.6. The summed E-state index contributed by atoms with van der Waals surface area (Å²) in [5.41, 5.74) is 7.26. The molecule has 1 radical (unpaired) electrons. The Labute approximate surface area is 332 Å². The van der Waals surface area contributed by atoms with Gasteiger partial charge in [-0.15, -0.1) is 0 Å². The van der Waals surface area contributed by atoms with E-state index in [0.29, 0.717) is 0 Å². The summed E-state index contributed by atoms with van der Waals surface area (Å²) in [4.78, 5) is 2.45. The number of thioether (sulfide) groups is 2. The Balaban J connectivity index is 0.000000324. The van der Waals surface area contributed by atoms with Gasteiger partial charge in [0.15, 0.2) is 0 Å². The quantitative estimate of drug-likeness (QED) is 0.0841. The van der Waals surface area contributed by atoms with E-state index in [4.69, 9.17) is 0 Å². The molecule has 0 N–H and O–H groups in total. The van der Waals surface area contributed by atoms with Gasteiger partial charge in [0, 0.05) is 9.81 Å². The van der Waals surface area contributed by atoms with Crippen LogP contribution in [-0.4, -0.2) is 7.64 Å². The number of rotatable bonds is 10. The Hall–Kier alpha value is -4.40. The van der Waals surface area contributed by atoms with Crippen molar-refractivity contribution in [1.82, 2.24) is 0 Å². The van der Waals surface area contributed by atoms with Gasteiger partial charge in [0.25, 0.3) is 0 Å². The van der Waals surface area contributed by atoms with Gasteiger partial charge in [-0.25, -0.2) is 0 Å². The van der Waals surface area contributed by atoms with Crippen LogP contribution >= 0.6 is 52.3 Å². The van der Waals surface area contributed by atoms with Gasteiger partial charge < -0.3 is 0 Å². The van der Waals surface area contributed by atoms with Crippen LogP contribution in [0.1, 0.15) is 40.8 Å². The molecule has 0 saturated heterocycles. The predicted octanol–water partition coefficient (Wildman–Crippen LogP) is 14.9. The molecule has 6 aromatic carbocycles. The minimum absolute atomic E-state index is 0. The molecule has 0 unspecified atom stereocenters. The standard InChI is InChI=1S/C22H17BrS.C22H18S.CH4.BHNS.FH/c23-22(17-19-12-6-2-7-13-19)24-21(20-14-8-3-9-15-20)16-18-10-4-1-5-11-18;1-4-10-19(11-5-1)16-17-23-22(21-14-8-3-9-15-21)18-20-12-6-2-7-13-20;;1-2-3;/h1-17H;1-18H;1H4;3H;1H/b21-16+,22-17+;17-16+,22-18+;;;. The molecular formula is C45H41BBrFNS3. The molecule has 6 aromatic rings. The average molecular weight is 802 g/mol. The molecule has 0 aliphatic heterocycles. The maximum atomic E-state index is 4.34. The first-order valence-corrected chi connectivity index (χ1v) is 18.7. The van der Waals surface area contributed by atoms with E-state index in [1.54, 1.807) is 23.5 Å². The van der Waals surface area contributed by atoms with E-state index in [1.165, 1.54) is 43.2 Å². The summed E-state index contributed by atoms with van der Waals surface area (Å²) >= 11 is 10.4. The molecule has 0 spiro atoms. The van der Waals surface area contributed by atoms with Crippen molar-refractivity contribution in [1.29, 1.82) is 0 Å². The fraction of sp³-hybridized carbons (Fsp3) is 0.0222. The average Bonchev–Trinajstić information content (AvgIpc) is 3.17. The van der Waals surface area contributed by atoms with E-state index in [-0.39, 0.29) is 12.1 Å². The monoisotopic (exact) mass is 800 g/mol. The van der Waals surface area contributed by atoms with Crippen LogP contribution in [0.3, 0.4) is 0 Å². The van der Waals surface area contributed by atoms with Crippen molar-refractivity contribution in [3.8, 4) is 0 Å². The number of nitrogens with zero attached hydrogens (tertiary/aromatic N) is 1. The van der Waals surface area contributed by atoms with Crippen LogP contribution < -0.4 is 0 Å². The Morgan fingerprint density at radius 3 is 1.21 bits per heavy atom. The Morgan fingerprint density at radius 2 is 0.808 bits per heavy atom. The van der Waals surface area contributed by atoms with Crippen molar-refractivity contribution in [2.75, 3.05) is 0 Å². The molecule has 0 saturated carbocycles. The molecule has 0 fully saturated rings. The SMILES string of the molecule is Br/C(=C\c1ccccc1)S/C(=C/c1ccccc1)c1ccccc1.C.C(=C\c1ccccc1)/S/C(=C/c1ccccc1)c1ccccc1.F.[B]=NS. The maximum absolute atomic E-state index is 4.34. The summed E-state index contributed by atoms with van der Waals surface area (Å²) in [5, 5.41) is 2.15. The van der Waals surface area contributed by atoms with Crippen LogP contribution in [0.15, 0.2) is 196 Å². The zero-order valence-electron chi connectivity index (χ0n) is 27.8. The van der Waals surface area contributed by atoms with Crippen LogP contribution in [0.25, 0.3) is 34.1 Å². The zero-order chi connectivity index (χ0) is 35.1. The third-order valence-corrected chi connectivity index (χ3v) is 9.33. The normalized spacial score (nSPS) is 11.1. The Kier molecular flexibility index (Phi) is 22.2. The fourth-order valence-corrected chi connectivity index (χ4v) is 7.02. The van der Waals surface area contributed by atoms with Crippen molar-refractivity contribution >= 4 is 94.0 Å². The van der Waals surface area contributed by atoms with Crippen LogP contribution in [0.5, 0.6) is 0 Å². The van der Waals surface area contributed by atoms with Crippen molar-refractivity contribution in [3.05, 3.63) is 225 Å². The molecule has 1 nitrogen and oxygen atoms in total. The molecule has 7 heteroatoms. The molecule has 6 rings (SSSR count). The van der Waals surface area contributed by atoms with E-state index in [2.05, 4.69) is 216 Å². The van der Waals surface area contributed by atoms with Crippen molar-refractivity contribution in [2.45, 2.75) is 7.43 Å².